The van der Waals surface area contributed by atoms with E-state index in [4.69, 9.17) is 0 Å². The van der Waals surface area contributed by atoms with Crippen molar-refractivity contribution in [2.24, 2.45) is 0 Å². The maximum Gasteiger partial charge on any atom is 2.00 e. The number of rotatable bonds is 0. The zero-order valence-electron chi connectivity index (χ0n) is 12.0. The summed E-state index contributed by atoms with van der Waals surface area (Å²) in [6.07, 6.45) is 13.6. The molecule has 0 aromatic carbocycles. The summed E-state index contributed by atoms with van der Waals surface area (Å²) in [6.45, 7) is 4.29. The van der Waals surface area contributed by atoms with Gasteiger partial charge in [-0.05, 0) is 48.3 Å². The zero-order chi connectivity index (χ0) is 12.5. The van der Waals surface area contributed by atoms with Crippen LogP contribution in [0.4, 0.5) is 0 Å². The fourth-order valence-electron chi connectivity index (χ4n) is 2.31. The van der Waals surface area contributed by atoms with Crippen LogP contribution in [0.2, 0.25) is 0 Å². The largest absolute Gasteiger partial charge is 2.00 e. The summed E-state index contributed by atoms with van der Waals surface area (Å²) in [5.74, 6) is 2.34. The maximum atomic E-state index is 2.28. The van der Waals surface area contributed by atoms with Gasteiger partial charge in [0.25, 0.3) is 0 Å². The van der Waals surface area contributed by atoms with Crippen molar-refractivity contribution in [1.82, 2.24) is 0 Å². The van der Waals surface area contributed by atoms with Gasteiger partial charge in [-0.1, -0.05) is 24.3 Å². The Hall–Kier alpha value is 0.603. The molecule has 0 spiro atoms. The Morgan fingerprint density at radius 3 is 1.43 bits per heavy atom. The van der Waals surface area contributed by atoms with Gasteiger partial charge in [-0.3, -0.25) is 0 Å². The van der Waals surface area contributed by atoms with E-state index in [1.165, 1.54) is 43.6 Å². The Morgan fingerprint density at radius 2 is 1.10 bits per heavy atom. The van der Waals surface area contributed by atoms with E-state index in [2.05, 4.69) is 50.3 Å². The molecule has 5 heteroatoms. The van der Waals surface area contributed by atoms with Gasteiger partial charge in [0.05, 0.1) is 0 Å². The van der Waals surface area contributed by atoms with E-state index in [0.717, 1.165) is 0 Å². The van der Waals surface area contributed by atoms with Crippen LogP contribution >= 0.6 is 23.5 Å². The van der Waals surface area contributed by atoms with E-state index < -0.39 is 0 Å². The molecule has 4 rings (SSSR count). The minimum atomic E-state index is 0. The molecule has 0 fully saturated rings. The molecule has 110 valence electrons. The van der Waals surface area contributed by atoms with Gasteiger partial charge in [0.2, 0.25) is 0 Å². The quantitative estimate of drug-likeness (QED) is 0.481. The summed E-state index contributed by atoms with van der Waals surface area (Å²) < 4.78 is 0. The van der Waals surface area contributed by atoms with Crippen LogP contribution < -0.4 is 24.8 Å². The maximum absolute atomic E-state index is 2.28. The number of hydrogen-bond acceptors (Lipinski definition) is 2. The van der Waals surface area contributed by atoms with Crippen molar-refractivity contribution in [2.45, 2.75) is 13.8 Å². The van der Waals surface area contributed by atoms with Crippen LogP contribution in [0.25, 0.3) is 0 Å². The number of halogens is 2. The van der Waals surface area contributed by atoms with Crippen LogP contribution in [0.3, 0.4) is 0 Å². The molecule has 0 atom stereocenters. The third kappa shape index (κ3) is 5.32. The van der Waals surface area contributed by atoms with Gasteiger partial charge in [-0.25, -0.2) is 0 Å². The second-order valence-electron chi connectivity index (χ2n) is 4.73. The van der Waals surface area contributed by atoms with Crippen molar-refractivity contribution in [1.29, 1.82) is 0 Å². The van der Waals surface area contributed by atoms with E-state index in [-0.39, 0.29) is 51.0 Å². The molecule has 4 aliphatic rings. The van der Waals surface area contributed by atoms with E-state index in [9.17, 15) is 0 Å². The number of thioether (sulfide) groups is 2. The van der Waals surface area contributed by atoms with Crippen molar-refractivity contribution in [2.75, 3.05) is 11.5 Å². The minimum Gasteiger partial charge on any atom is -1.00 e. The van der Waals surface area contributed by atoms with Crippen molar-refractivity contribution in [3.63, 3.8) is 0 Å². The predicted molar refractivity (Wildman–Crippen MR) is 84.8 cm³/mol. The fourth-order valence-corrected chi connectivity index (χ4v) is 4.35. The van der Waals surface area contributed by atoms with Crippen LogP contribution in [-0.2, 0) is 26.2 Å². The van der Waals surface area contributed by atoms with E-state index in [1.807, 2.05) is 23.5 Å². The molecule has 2 aliphatic carbocycles. The third-order valence-corrected chi connectivity index (χ3v) is 5.13. The SMILES string of the molecule is CC1=CC2=CCSC2=C1.CC1=CC2=CCSC2=C1.[Cl-].[Cl-].[Zr+2]. The molecular weight excluding hydrogens is 418 g/mol. The summed E-state index contributed by atoms with van der Waals surface area (Å²) in [7, 11) is 0. The smallest absolute Gasteiger partial charge is 1.00 e. The van der Waals surface area contributed by atoms with Gasteiger partial charge in [-0.15, -0.1) is 23.5 Å². The summed E-state index contributed by atoms with van der Waals surface area (Å²) in [5.41, 5.74) is 5.67. The van der Waals surface area contributed by atoms with Crippen molar-refractivity contribution < 1.29 is 51.0 Å². The van der Waals surface area contributed by atoms with E-state index >= 15 is 0 Å². The normalized spacial score (nSPS) is 19.7. The summed E-state index contributed by atoms with van der Waals surface area (Å²) in [4.78, 5) is 2.93. The predicted octanol–water partition coefficient (Wildman–Crippen LogP) is -0.988. The Morgan fingerprint density at radius 1 is 0.714 bits per heavy atom. The van der Waals surface area contributed by atoms with Gasteiger partial charge in [0, 0.05) is 21.3 Å². The molecule has 0 unspecified atom stereocenters. The van der Waals surface area contributed by atoms with Gasteiger partial charge in [-0.2, -0.15) is 0 Å². The standard InChI is InChI=1S/2C8H8S.2ClH.Zr/c2*1-6-4-7-2-3-9-8(7)5-6;;;/h2*2,4-5H,3H2,1H3;2*1H;/q;;;;+2/p-2. The topological polar surface area (TPSA) is 0 Å². The monoisotopic (exact) mass is 432 g/mol. The number of hydrogen-bond donors (Lipinski definition) is 0. The molecule has 0 radical (unpaired) electrons. The molecular formula is C16H16Cl2S2Zr. The number of fused-ring (bicyclic) bond motifs is 2. The zero-order valence-corrected chi connectivity index (χ0v) is 17.6. The first-order chi connectivity index (χ1) is 8.72. The third-order valence-electron chi connectivity index (χ3n) is 3.14. The number of allylic oxidation sites excluding steroid dienone is 8. The fraction of sp³-hybridized carbons (Fsp3) is 0.250. The average molecular weight is 435 g/mol. The minimum absolute atomic E-state index is 0. The molecule has 0 bridgehead atoms. The molecule has 0 nitrogen and oxygen atoms in total. The van der Waals surface area contributed by atoms with Gasteiger partial charge in [0.15, 0.2) is 0 Å². The Bertz CT molecular complexity index is 529. The van der Waals surface area contributed by atoms with Gasteiger partial charge >= 0.3 is 26.2 Å². The molecule has 0 amide bonds. The van der Waals surface area contributed by atoms with Gasteiger partial charge in [0.1, 0.15) is 0 Å². The summed E-state index contributed by atoms with van der Waals surface area (Å²) in [5, 5.41) is 0. The van der Waals surface area contributed by atoms with Crippen LogP contribution in [0.15, 0.2) is 68.6 Å². The van der Waals surface area contributed by atoms with Crippen molar-refractivity contribution in [3.8, 4) is 0 Å². The Labute approximate surface area is 167 Å². The van der Waals surface area contributed by atoms with Crippen molar-refractivity contribution >= 4 is 23.5 Å². The molecule has 0 saturated carbocycles. The summed E-state index contributed by atoms with van der Waals surface area (Å²) in [6, 6.07) is 0. The van der Waals surface area contributed by atoms with Crippen LogP contribution in [0, 0.1) is 0 Å². The molecule has 21 heavy (non-hydrogen) atoms. The Kier molecular flexibility index (Phi) is 9.96. The first-order valence-electron chi connectivity index (χ1n) is 6.19. The van der Waals surface area contributed by atoms with E-state index in [0.29, 0.717) is 0 Å². The molecule has 2 heterocycles. The molecule has 2 aliphatic heterocycles. The van der Waals surface area contributed by atoms with Gasteiger partial charge < -0.3 is 24.8 Å². The first kappa shape index (κ1) is 21.6. The molecule has 0 saturated heterocycles. The van der Waals surface area contributed by atoms with Crippen LogP contribution in [-0.4, -0.2) is 11.5 Å². The Balaban J connectivity index is 0.000000333. The second-order valence-corrected chi connectivity index (χ2v) is 6.86. The van der Waals surface area contributed by atoms with Crippen LogP contribution in [0.1, 0.15) is 13.8 Å². The molecule has 0 N–H and O–H groups in total. The average Bonchev–Trinajstić information content (AvgIpc) is 2.97. The molecule has 0 aromatic heterocycles. The van der Waals surface area contributed by atoms with Crippen LogP contribution in [0.5, 0.6) is 0 Å². The summed E-state index contributed by atoms with van der Waals surface area (Å²) >= 11 is 3.87. The second kappa shape index (κ2) is 9.68. The van der Waals surface area contributed by atoms with E-state index in [1.54, 1.807) is 0 Å². The first-order valence-corrected chi connectivity index (χ1v) is 8.16. The molecule has 0 aromatic rings. The van der Waals surface area contributed by atoms with Crippen molar-refractivity contribution in [3.05, 3.63) is 68.6 Å².